The summed E-state index contributed by atoms with van der Waals surface area (Å²) >= 11 is 0. The van der Waals surface area contributed by atoms with Crippen LogP contribution in [0.3, 0.4) is 0 Å². The van der Waals surface area contributed by atoms with Gasteiger partial charge in [-0.05, 0) is 43.5 Å². The predicted molar refractivity (Wildman–Crippen MR) is 86.4 cm³/mol. The molecule has 0 saturated carbocycles. The van der Waals surface area contributed by atoms with Gasteiger partial charge in [0.2, 0.25) is 0 Å². The van der Waals surface area contributed by atoms with E-state index >= 15 is 0 Å². The average Bonchev–Trinajstić information content (AvgIpc) is 2.81. The topological polar surface area (TPSA) is 28.7 Å². The summed E-state index contributed by atoms with van der Waals surface area (Å²) < 4.78 is 2.18. The van der Waals surface area contributed by atoms with Crippen LogP contribution in [0.25, 0.3) is 10.9 Å². The second kappa shape index (κ2) is 5.10. The van der Waals surface area contributed by atoms with E-state index in [1.807, 2.05) is 24.4 Å². The van der Waals surface area contributed by atoms with Gasteiger partial charge in [0.05, 0.1) is 5.56 Å². The Balaban J connectivity index is 2.14. The molecule has 0 aliphatic heterocycles. The number of nitriles is 1. The number of aromatic nitrogens is 1. The van der Waals surface area contributed by atoms with E-state index in [0.29, 0.717) is 0 Å². The van der Waals surface area contributed by atoms with Crippen LogP contribution in [0, 0.1) is 32.1 Å². The van der Waals surface area contributed by atoms with Crippen molar-refractivity contribution in [2.24, 2.45) is 0 Å². The molecule has 21 heavy (non-hydrogen) atoms. The highest BCUT2D eigenvalue weighted by atomic mass is 15.0. The Morgan fingerprint density at radius 1 is 1.05 bits per heavy atom. The second-order valence-electron chi connectivity index (χ2n) is 5.68. The standard InChI is InChI=1S/C19H18N2/c1-13-8-14(2)18(15(3)9-13)12-21-11-16(10-20)17-6-4-5-7-19(17)21/h4-9,11H,12H2,1-3H3. The van der Waals surface area contributed by atoms with Gasteiger partial charge in [0.25, 0.3) is 0 Å². The van der Waals surface area contributed by atoms with Crippen molar-refractivity contribution in [1.29, 1.82) is 5.26 Å². The second-order valence-corrected chi connectivity index (χ2v) is 5.68. The first-order valence-corrected chi connectivity index (χ1v) is 7.15. The molecule has 0 fully saturated rings. The SMILES string of the molecule is Cc1cc(C)c(Cn2cc(C#N)c3ccccc32)c(C)c1. The average molecular weight is 274 g/mol. The third kappa shape index (κ3) is 2.32. The lowest BCUT2D eigenvalue weighted by atomic mass is 10.00. The zero-order valence-corrected chi connectivity index (χ0v) is 12.6. The minimum atomic E-state index is 0.744. The fourth-order valence-corrected chi connectivity index (χ4v) is 3.10. The van der Waals surface area contributed by atoms with Crippen LogP contribution in [0.15, 0.2) is 42.6 Å². The lowest BCUT2D eigenvalue weighted by molar-refractivity contribution is 0.822. The van der Waals surface area contributed by atoms with E-state index in [4.69, 9.17) is 0 Å². The molecule has 3 aromatic rings. The van der Waals surface area contributed by atoms with Gasteiger partial charge in [-0.2, -0.15) is 5.26 Å². The maximum Gasteiger partial charge on any atom is 0.101 e. The van der Waals surface area contributed by atoms with Crippen LogP contribution in [-0.4, -0.2) is 4.57 Å². The molecule has 2 aromatic carbocycles. The van der Waals surface area contributed by atoms with Crippen LogP contribution in [0.4, 0.5) is 0 Å². The van der Waals surface area contributed by atoms with Gasteiger partial charge < -0.3 is 4.57 Å². The zero-order chi connectivity index (χ0) is 15.0. The normalized spacial score (nSPS) is 10.8. The van der Waals surface area contributed by atoms with Gasteiger partial charge in [0.15, 0.2) is 0 Å². The molecule has 0 spiro atoms. The van der Waals surface area contributed by atoms with Crippen LogP contribution in [0.2, 0.25) is 0 Å². The molecule has 0 aliphatic carbocycles. The Morgan fingerprint density at radius 2 is 1.71 bits per heavy atom. The molecule has 2 nitrogen and oxygen atoms in total. The molecule has 2 heteroatoms. The summed E-state index contributed by atoms with van der Waals surface area (Å²) in [6.07, 6.45) is 1.96. The van der Waals surface area contributed by atoms with E-state index in [9.17, 15) is 5.26 Å². The van der Waals surface area contributed by atoms with Crippen molar-refractivity contribution >= 4 is 10.9 Å². The van der Waals surface area contributed by atoms with Crippen molar-refractivity contribution in [3.63, 3.8) is 0 Å². The van der Waals surface area contributed by atoms with Crippen LogP contribution in [0.1, 0.15) is 27.8 Å². The molecule has 0 aliphatic rings. The van der Waals surface area contributed by atoms with Crippen LogP contribution >= 0.6 is 0 Å². The van der Waals surface area contributed by atoms with E-state index in [1.165, 1.54) is 22.3 Å². The number of hydrogen-bond donors (Lipinski definition) is 0. The van der Waals surface area contributed by atoms with Crippen LogP contribution in [-0.2, 0) is 6.54 Å². The Kier molecular flexibility index (Phi) is 3.27. The summed E-state index contributed by atoms with van der Waals surface area (Å²) in [5.41, 5.74) is 7.11. The quantitative estimate of drug-likeness (QED) is 0.677. The van der Waals surface area contributed by atoms with Gasteiger partial charge in [-0.15, -0.1) is 0 Å². The Morgan fingerprint density at radius 3 is 2.38 bits per heavy atom. The molecule has 0 atom stereocenters. The molecule has 0 amide bonds. The smallest absolute Gasteiger partial charge is 0.101 e. The van der Waals surface area contributed by atoms with Gasteiger partial charge in [-0.25, -0.2) is 0 Å². The number of benzene rings is 2. The molecule has 0 bridgehead atoms. The largest absolute Gasteiger partial charge is 0.342 e. The molecule has 0 saturated heterocycles. The number of rotatable bonds is 2. The Labute approximate surface area is 125 Å². The first-order chi connectivity index (χ1) is 10.1. The predicted octanol–water partition coefficient (Wildman–Crippen LogP) is 4.49. The zero-order valence-electron chi connectivity index (χ0n) is 12.6. The summed E-state index contributed by atoms with van der Waals surface area (Å²) in [6.45, 7) is 7.25. The Bertz CT molecular complexity index is 840. The molecule has 1 heterocycles. The van der Waals surface area contributed by atoms with Crippen LogP contribution < -0.4 is 0 Å². The first-order valence-electron chi connectivity index (χ1n) is 7.15. The molecule has 0 radical (unpaired) electrons. The van der Waals surface area contributed by atoms with Crippen molar-refractivity contribution in [3.8, 4) is 6.07 Å². The van der Waals surface area contributed by atoms with E-state index in [-0.39, 0.29) is 0 Å². The van der Waals surface area contributed by atoms with Crippen molar-refractivity contribution < 1.29 is 0 Å². The van der Waals surface area contributed by atoms with Crippen molar-refractivity contribution in [2.45, 2.75) is 27.3 Å². The minimum absolute atomic E-state index is 0.744. The highest BCUT2D eigenvalue weighted by Crippen LogP contribution is 2.24. The maximum atomic E-state index is 9.30. The number of aryl methyl sites for hydroxylation is 3. The number of hydrogen-bond acceptors (Lipinski definition) is 1. The van der Waals surface area contributed by atoms with E-state index in [1.54, 1.807) is 0 Å². The monoisotopic (exact) mass is 274 g/mol. The third-order valence-electron chi connectivity index (χ3n) is 4.08. The lowest BCUT2D eigenvalue weighted by Gasteiger charge is -2.13. The first kappa shape index (κ1) is 13.5. The van der Waals surface area contributed by atoms with Gasteiger partial charge in [0.1, 0.15) is 6.07 Å². The van der Waals surface area contributed by atoms with E-state index in [2.05, 4.69) is 49.6 Å². The summed E-state index contributed by atoms with van der Waals surface area (Å²) in [6, 6.07) is 14.8. The number of para-hydroxylation sites is 1. The summed E-state index contributed by atoms with van der Waals surface area (Å²) in [7, 11) is 0. The van der Waals surface area contributed by atoms with Crippen molar-refractivity contribution in [1.82, 2.24) is 4.57 Å². The van der Waals surface area contributed by atoms with Crippen molar-refractivity contribution in [3.05, 3.63) is 70.4 Å². The molecule has 0 N–H and O–H groups in total. The highest BCUT2D eigenvalue weighted by molar-refractivity contribution is 5.86. The fourth-order valence-electron chi connectivity index (χ4n) is 3.10. The fraction of sp³-hybridized carbons (Fsp3) is 0.211. The van der Waals surface area contributed by atoms with Gasteiger partial charge in [-0.1, -0.05) is 35.9 Å². The van der Waals surface area contributed by atoms with E-state index in [0.717, 1.165) is 23.0 Å². The number of fused-ring (bicyclic) bond motifs is 1. The lowest BCUT2D eigenvalue weighted by Crippen LogP contribution is -2.03. The molecule has 3 rings (SSSR count). The molecule has 104 valence electrons. The van der Waals surface area contributed by atoms with Gasteiger partial charge >= 0.3 is 0 Å². The maximum absolute atomic E-state index is 9.30. The molecule has 1 aromatic heterocycles. The van der Waals surface area contributed by atoms with E-state index < -0.39 is 0 Å². The summed E-state index contributed by atoms with van der Waals surface area (Å²) in [5.74, 6) is 0. The van der Waals surface area contributed by atoms with Crippen LogP contribution in [0.5, 0.6) is 0 Å². The van der Waals surface area contributed by atoms with Gasteiger partial charge in [-0.3, -0.25) is 0 Å². The number of nitrogens with zero attached hydrogens (tertiary/aromatic N) is 2. The van der Waals surface area contributed by atoms with Gasteiger partial charge in [0, 0.05) is 23.6 Å². The summed E-state index contributed by atoms with van der Waals surface area (Å²) in [5, 5.41) is 10.3. The minimum Gasteiger partial charge on any atom is -0.342 e. The molecule has 0 unspecified atom stereocenters. The van der Waals surface area contributed by atoms with Crippen molar-refractivity contribution in [2.75, 3.05) is 0 Å². The summed E-state index contributed by atoms with van der Waals surface area (Å²) in [4.78, 5) is 0. The highest BCUT2D eigenvalue weighted by Gasteiger charge is 2.10. The third-order valence-corrected chi connectivity index (χ3v) is 4.08. The Hall–Kier alpha value is -2.53. The molecular formula is C19H18N2. The molecular weight excluding hydrogens is 256 g/mol.